The second-order valence-corrected chi connectivity index (χ2v) is 5.14. The van der Waals surface area contributed by atoms with E-state index in [4.69, 9.17) is 0 Å². The van der Waals surface area contributed by atoms with Gasteiger partial charge < -0.3 is 5.32 Å². The Bertz CT molecular complexity index is 654. The molecule has 0 radical (unpaired) electrons. The summed E-state index contributed by atoms with van der Waals surface area (Å²) >= 11 is 3.21. The average Bonchev–Trinajstić information content (AvgIpc) is 2.40. The normalized spacial score (nSPS) is 11.5. The summed E-state index contributed by atoms with van der Waals surface area (Å²) in [6.45, 7) is 0.0701. The Morgan fingerprint density at radius 1 is 1.00 bits per heavy atom. The van der Waals surface area contributed by atoms with E-state index >= 15 is 0 Å². The monoisotopic (exact) mass is 365 g/mol. The molecule has 112 valence electrons. The van der Waals surface area contributed by atoms with Crippen LogP contribution in [-0.4, -0.2) is 0 Å². The molecule has 2 aromatic carbocycles. The maximum Gasteiger partial charge on any atom is 0.416 e. The zero-order valence-corrected chi connectivity index (χ0v) is 12.0. The molecule has 0 atom stereocenters. The number of alkyl halides is 3. The van der Waals surface area contributed by atoms with Crippen LogP contribution < -0.4 is 5.32 Å². The van der Waals surface area contributed by atoms with Gasteiger partial charge in [-0.05, 0) is 42.0 Å². The van der Waals surface area contributed by atoms with Crippen LogP contribution in [0.3, 0.4) is 0 Å². The van der Waals surface area contributed by atoms with Gasteiger partial charge in [0.25, 0.3) is 0 Å². The molecule has 0 bridgehead atoms. The van der Waals surface area contributed by atoms with Crippen molar-refractivity contribution in [2.75, 3.05) is 5.32 Å². The molecule has 0 fully saturated rings. The lowest BCUT2D eigenvalue weighted by atomic mass is 10.1. The second kappa shape index (κ2) is 6.01. The molecule has 2 rings (SSSR count). The Morgan fingerprint density at radius 3 is 2.33 bits per heavy atom. The van der Waals surface area contributed by atoms with E-state index in [9.17, 15) is 22.0 Å². The van der Waals surface area contributed by atoms with Crippen molar-refractivity contribution < 1.29 is 22.0 Å². The van der Waals surface area contributed by atoms with Crippen LogP contribution in [-0.2, 0) is 12.7 Å². The molecule has 7 heteroatoms. The molecule has 0 aromatic heterocycles. The number of hydrogen-bond donors (Lipinski definition) is 1. The van der Waals surface area contributed by atoms with Crippen molar-refractivity contribution in [3.8, 4) is 0 Å². The maximum absolute atomic E-state index is 13.6. The van der Waals surface area contributed by atoms with Gasteiger partial charge >= 0.3 is 6.18 Å². The fourth-order valence-electron chi connectivity index (χ4n) is 1.70. The lowest BCUT2D eigenvalue weighted by Crippen LogP contribution is -2.07. The van der Waals surface area contributed by atoms with Gasteiger partial charge in [0.05, 0.1) is 11.3 Å². The van der Waals surface area contributed by atoms with E-state index in [1.54, 1.807) is 0 Å². The van der Waals surface area contributed by atoms with Crippen LogP contribution in [0.4, 0.5) is 27.6 Å². The van der Waals surface area contributed by atoms with Crippen molar-refractivity contribution >= 4 is 21.6 Å². The molecule has 0 amide bonds. The number of halogens is 6. The van der Waals surface area contributed by atoms with Crippen LogP contribution in [0.25, 0.3) is 0 Å². The fraction of sp³-hybridized carbons (Fsp3) is 0.143. The number of rotatable bonds is 3. The zero-order chi connectivity index (χ0) is 15.6. The number of benzene rings is 2. The van der Waals surface area contributed by atoms with Crippen LogP contribution in [0.1, 0.15) is 11.1 Å². The Morgan fingerprint density at radius 2 is 1.71 bits per heavy atom. The molecular weight excluding hydrogens is 357 g/mol. The molecule has 0 aliphatic carbocycles. The first-order valence-corrected chi connectivity index (χ1v) is 6.61. The topological polar surface area (TPSA) is 12.0 Å². The first-order chi connectivity index (χ1) is 9.77. The first kappa shape index (κ1) is 15.8. The lowest BCUT2D eigenvalue weighted by molar-refractivity contribution is -0.137. The molecule has 0 aliphatic rings. The highest BCUT2D eigenvalue weighted by Crippen LogP contribution is 2.31. The van der Waals surface area contributed by atoms with Crippen LogP contribution in [0.15, 0.2) is 40.9 Å². The summed E-state index contributed by atoms with van der Waals surface area (Å²) < 4.78 is 64.6. The fourth-order valence-corrected chi connectivity index (χ4v) is 2.09. The van der Waals surface area contributed by atoms with E-state index < -0.39 is 23.4 Å². The Hall–Kier alpha value is -1.63. The summed E-state index contributed by atoms with van der Waals surface area (Å²) in [6.07, 6.45) is -4.59. The highest BCUT2D eigenvalue weighted by molar-refractivity contribution is 9.10. The lowest BCUT2D eigenvalue weighted by Gasteiger charge is -2.12. The van der Waals surface area contributed by atoms with Gasteiger partial charge in [-0.2, -0.15) is 13.2 Å². The molecule has 0 heterocycles. The zero-order valence-electron chi connectivity index (χ0n) is 10.4. The molecule has 1 nitrogen and oxygen atoms in total. The predicted molar refractivity (Wildman–Crippen MR) is 72.8 cm³/mol. The van der Waals surface area contributed by atoms with Crippen molar-refractivity contribution in [2.45, 2.75) is 12.7 Å². The largest absolute Gasteiger partial charge is 0.416 e. The molecule has 0 aliphatic heterocycles. The van der Waals surface area contributed by atoms with E-state index in [1.165, 1.54) is 18.2 Å². The van der Waals surface area contributed by atoms with Gasteiger partial charge in [0, 0.05) is 11.0 Å². The predicted octanol–water partition coefficient (Wildman–Crippen LogP) is 5.36. The molecule has 0 unspecified atom stereocenters. The summed E-state index contributed by atoms with van der Waals surface area (Å²) in [5, 5.41) is 2.64. The number of anilines is 1. The minimum atomic E-state index is -4.59. The van der Waals surface area contributed by atoms with Crippen molar-refractivity contribution in [1.29, 1.82) is 0 Å². The summed E-state index contributed by atoms with van der Waals surface area (Å²) in [4.78, 5) is 0. The summed E-state index contributed by atoms with van der Waals surface area (Å²) in [7, 11) is 0. The van der Waals surface area contributed by atoms with Crippen LogP contribution in [0.2, 0.25) is 0 Å². The van der Waals surface area contributed by atoms with Crippen LogP contribution in [0.5, 0.6) is 0 Å². The second-order valence-electron chi connectivity index (χ2n) is 4.28. The van der Waals surface area contributed by atoms with E-state index in [0.29, 0.717) is 16.1 Å². The van der Waals surface area contributed by atoms with Gasteiger partial charge in [-0.1, -0.05) is 15.9 Å². The third-order valence-corrected chi connectivity index (χ3v) is 3.55. The minimum Gasteiger partial charge on any atom is -0.379 e. The number of hydrogen-bond acceptors (Lipinski definition) is 1. The maximum atomic E-state index is 13.6. The first-order valence-electron chi connectivity index (χ1n) is 5.82. The van der Waals surface area contributed by atoms with E-state index in [0.717, 1.165) is 12.1 Å². The molecular formula is C14H9BrF5N. The van der Waals surface area contributed by atoms with Crippen LogP contribution >= 0.6 is 15.9 Å². The van der Waals surface area contributed by atoms with Gasteiger partial charge in [0.1, 0.15) is 11.6 Å². The Balaban J connectivity index is 2.15. The van der Waals surface area contributed by atoms with E-state index in [1.807, 2.05) is 0 Å². The highest BCUT2D eigenvalue weighted by Gasteiger charge is 2.31. The van der Waals surface area contributed by atoms with E-state index in [2.05, 4.69) is 21.2 Å². The van der Waals surface area contributed by atoms with Crippen molar-refractivity contribution in [3.05, 3.63) is 63.6 Å². The smallest absolute Gasteiger partial charge is 0.379 e. The third-order valence-electron chi connectivity index (χ3n) is 2.77. The summed E-state index contributed by atoms with van der Waals surface area (Å²) in [5.41, 5.74) is -0.619. The quantitative estimate of drug-likeness (QED) is 0.722. The summed E-state index contributed by atoms with van der Waals surface area (Å²) in [6, 6.07) is 6.21. The van der Waals surface area contributed by atoms with Gasteiger partial charge in [-0.15, -0.1) is 0 Å². The highest BCUT2D eigenvalue weighted by atomic mass is 79.9. The molecule has 21 heavy (non-hydrogen) atoms. The van der Waals surface area contributed by atoms with Gasteiger partial charge in [-0.3, -0.25) is 0 Å². The SMILES string of the molecule is Fc1ccc(Br)c(CNc2ccc(C(F)(F)F)cc2F)c1. The minimum absolute atomic E-state index is 0.0701. The molecule has 0 spiro atoms. The molecule has 0 saturated heterocycles. The molecule has 2 aromatic rings. The van der Waals surface area contributed by atoms with Gasteiger partial charge in [-0.25, -0.2) is 8.78 Å². The van der Waals surface area contributed by atoms with Gasteiger partial charge in [0.15, 0.2) is 0 Å². The average molecular weight is 366 g/mol. The number of nitrogens with one attached hydrogen (secondary N) is 1. The van der Waals surface area contributed by atoms with Gasteiger partial charge in [0.2, 0.25) is 0 Å². The van der Waals surface area contributed by atoms with Crippen molar-refractivity contribution in [3.63, 3.8) is 0 Å². The molecule has 0 saturated carbocycles. The third kappa shape index (κ3) is 3.93. The van der Waals surface area contributed by atoms with Crippen molar-refractivity contribution in [2.24, 2.45) is 0 Å². The Labute approximate surface area is 125 Å². The van der Waals surface area contributed by atoms with Crippen LogP contribution in [0, 0.1) is 11.6 Å². The Kier molecular flexibility index (Phi) is 4.51. The summed E-state index contributed by atoms with van der Waals surface area (Å²) in [5.74, 6) is -1.47. The molecule has 1 N–H and O–H groups in total. The standard InChI is InChI=1S/C14H9BrF5N/c15-11-3-2-10(16)5-8(11)7-21-13-4-1-9(6-12(13)17)14(18,19)20/h1-6,21H,7H2. The van der Waals surface area contributed by atoms with Crippen molar-refractivity contribution in [1.82, 2.24) is 0 Å². The van der Waals surface area contributed by atoms with E-state index in [-0.39, 0.29) is 12.2 Å².